The molecule has 0 amide bonds. The van der Waals surface area contributed by atoms with E-state index in [1.54, 1.807) is 30.3 Å². The number of hydrogen-bond acceptors (Lipinski definition) is 3. The van der Waals surface area contributed by atoms with Crippen molar-refractivity contribution < 1.29 is 9.59 Å². The van der Waals surface area contributed by atoms with Crippen LogP contribution in [0.25, 0.3) is 6.08 Å². The minimum Gasteiger partial charge on any atom is -0.311 e. The molecule has 0 bridgehead atoms. The molecular formula is C28H21NO2. The molecule has 0 heterocycles. The van der Waals surface area contributed by atoms with E-state index in [4.69, 9.17) is 0 Å². The minimum atomic E-state index is -0.193. The topological polar surface area (TPSA) is 37.4 Å². The van der Waals surface area contributed by atoms with E-state index in [1.165, 1.54) is 6.08 Å². The fourth-order valence-corrected chi connectivity index (χ4v) is 3.42. The Kier molecular flexibility index (Phi) is 6.15. The van der Waals surface area contributed by atoms with Crippen molar-refractivity contribution >= 4 is 35.2 Å². The van der Waals surface area contributed by atoms with E-state index < -0.39 is 0 Å². The number of hydrogen-bond donors (Lipinski definition) is 0. The third kappa shape index (κ3) is 4.68. The van der Waals surface area contributed by atoms with Crippen LogP contribution in [-0.2, 0) is 0 Å². The van der Waals surface area contributed by atoms with Crippen LogP contribution in [0.3, 0.4) is 0 Å². The second kappa shape index (κ2) is 9.51. The lowest BCUT2D eigenvalue weighted by atomic mass is 10.0. The van der Waals surface area contributed by atoms with Gasteiger partial charge >= 0.3 is 0 Å². The van der Waals surface area contributed by atoms with Gasteiger partial charge < -0.3 is 4.90 Å². The Hall–Kier alpha value is -4.24. The van der Waals surface area contributed by atoms with Crippen LogP contribution in [0.4, 0.5) is 17.1 Å². The molecule has 0 aliphatic rings. The second-order valence-corrected chi connectivity index (χ2v) is 7.00. The zero-order valence-electron chi connectivity index (χ0n) is 16.9. The van der Waals surface area contributed by atoms with Gasteiger partial charge in [-0.25, -0.2) is 0 Å². The molecule has 31 heavy (non-hydrogen) atoms. The molecule has 0 radical (unpaired) electrons. The Morgan fingerprint density at radius 3 is 1.71 bits per heavy atom. The van der Waals surface area contributed by atoms with Gasteiger partial charge in [0, 0.05) is 28.2 Å². The number of ketones is 1. The van der Waals surface area contributed by atoms with Gasteiger partial charge in [-0.3, -0.25) is 9.59 Å². The number of carbonyl (C=O) groups is 2. The van der Waals surface area contributed by atoms with Gasteiger partial charge in [-0.1, -0.05) is 78.9 Å². The van der Waals surface area contributed by atoms with Crippen LogP contribution >= 0.6 is 0 Å². The number of para-hydroxylation sites is 2. The van der Waals surface area contributed by atoms with Gasteiger partial charge in [0.05, 0.1) is 0 Å². The Labute approximate surface area is 181 Å². The molecular weight excluding hydrogens is 382 g/mol. The number of aldehydes is 1. The molecule has 0 unspecified atom stereocenters. The highest BCUT2D eigenvalue weighted by molar-refractivity contribution is 6.10. The molecule has 3 heteroatoms. The monoisotopic (exact) mass is 403 g/mol. The van der Waals surface area contributed by atoms with Crippen LogP contribution in [-0.4, -0.2) is 12.1 Å². The Balaban J connectivity index is 1.60. The predicted molar refractivity (Wildman–Crippen MR) is 126 cm³/mol. The van der Waals surface area contributed by atoms with Gasteiger partial charge in [0.15, 0.2) is 12.1 Å². The van der Waals surface area contributed by atoms with Crippen LogP contribution in [0.5, 0.6) is 0 Å². The quantitative estimate of drug-likeness (QED) is 0.192. The molecule has 0 fully saturated rings. The molecule has 0 saturated carbocycles. The Morgan fingerprint density at radius 1 is 0.613 bits per heavy atom. The van der Waals surface area contributed by atoms with Gasteiger partial charge in [0.25, 0.3) is 0 Å². The van der Waals surface area contributed by atoms with Crippen LogP contribution in [0.1, 0.15) is 26.3 Å². The maximum Gasteiger partial charge on any atom is 0.186 e. The summed E-state index contributed by atoms with van der Waals surface area (Å²) in [6.45, 7) is 0. The van der Waals surface area contributed by atoms with Crippen molar-refractivity contribution in [2.75, 3.05) is 4.90 Å². The number of nitrogens with zero attached hydrogens (tertiary/aromatic N) is 1. The molecule has 0 saturated heterocycles. The molecule has 0 atom stereocenters. The number of rotatable bonds is 7. The van der Waals surface area contributed by atoms with Crippen molar-refractivity contribution in [3.63, 3.8) is 0 Å². The number of carbonyl (C=O) groups excluding carboxylic acids is 2. The van der Waals surface area contributed by atoms with E-state index in [1.807, 2.05) is 60.7 Å². The largest absolute Gasteiger partial charge is 0.311 e. The lowest BCUT2D eigenvalue weighted by Gasteiger charge is -2.25. The summed E-state index contributed by atoms with van der Waals surface area (Å²) in [7, 11) is 0. The average molecular weight is 403 g/mol. The van der Waals surface area contributed by atoms with Crippen LogP contribution in [0.2, 0.25) is 0 Å². The van der Waals surface area contributed by atoms with Crippen LogP contribution < -0.4 is 4.90 Å². The van der Waals surface area contributed by atoms with Gasteiger partial charge in [0.1, 0.15) is 0 Å². The molecule has 0 aliphatic heterocycles. The first kappa shape index (κ1) is 20.0. The SMILES string of the molecule is O=Cc1ccccc1C(=O)/C=C\c1ccc(N(c2ccccc2)c2ccccc2)cc1. The van der Waals surface area contributed by atoms with Crippen LogP contribution in [0.15, 0.2) is 115 Å². The Bertz CT molecular complexity index is 1160. The van der Waals surface area contributed by atoms with Crippen molar-refractivity contribution in [3.8, 4) is 0 Å². The standard InChI is InChI=1S/C28H21NO2/c30-21-23-9-7-8-14-27(23)28(31)20-17-22-15-18-26(19-16-22)29(24-10-3-1-4-11-24)25-12-5-2-6-13-25/h1-21H/b20-17-. The molecule has 0 aromatic heterocycles. The zero-order chi connectivity index (χ0) is 21.5. The third-order valence-corrected chi connectivity index (χ3v) is 4.96. The summed E-state index contributed by atoms with van der Waals surface area (Å²) < 4.78 is 0. The highest BCUT2D eigenvalue weighted by atomic mass is 16.1. The van der Waals surface area contributed by atoms with Gasteiger partial charge in [-0.2, -0.15) is 0 Å². The number of anilines is 3. The lowest BCUT2D eigenvalue weighted by molar-refractivity contribution is 0.103. The second-order valence-electron chi connectivity index (χ2n) is 7.00. The molecule has 4 aromatic rings. The van der Waals surface area contributed by atoms with Crippen molar-refractivity contribution in [3.05, 3.63) is 132 Å². The summed E-state index contributed by atoms with van der Waals surface area (Å²) in [5.41, 5.74) is 4.86. The fourth-order valence-electron chi connectivity index (χ4n) is 3.42. The van der Waals surface area contributed by atoms with Crippen molar-refractivity contribution in [1.82, 2.24) is 0 Å². The minimum absolute atomic E-state index is 0.193. The smallest absolute Gasteiger partial charge is 0.186 e. The van der Waals surface area contributed by atoms with E-state index in [0.717, 1.165) is 22.6 Å². The van der Waals surface area contributed by atoms with E-state index in [9.17, 15) is 9.59 Å². The Morgan fingerprint density at radius 2 is 1.13 bits per heavy atom. The molecule has 0 spiro atoms. The van der Waals surface area contributed by atoms with Gasteiger partial charge in [-0.05, 0) is 48.0 Å². The van der Waals surface area contributed by atoms with Gasteiger partial charge in [-0.15, -0.1) is 0 Å². The molecule has 3 nitrogen and oxygen atoms in total. The molecule has 150 valence electrons. The van der Waals surface area contributed by atoms with Crippen molar-refractivity contribution in [1.29, 1.82) is 0 Å². The van der Waals surface area contributed by atoms with Crippen LogP contribution in [0, 0.1) is 0 Å². The summed E-state index contributed by atoms with van der Waals surface area (Å²) in [6.07, 6.45) is 3.98. The summed E-state index contributed by atoms with van der Waals surface area (Å²) >= 11 is 0. The van der Waals surface area contributed by atoms with E-state index in [-0.39, 0.29) is 5.78 Å². The molecule has 0 N–H and O–H groups in total. The van der Waals surface area contributed by atoms with E-state index in [0.29, 0.717) is 17.4 Å². The molecule has 0 aliphatic carbocycles. The average Bonchev–Trinajstić information content (AvgIpc) is 2.85. The summed E-state index contributed by atoms with van der Waals surface area (Å²) in [5, 5.41) is 0. The number of benzene rings is 4. The van der Waals surface area contributed by atoms with Crippen molar-refractivity contribution in [2.45, 2.75) is 0 Å². The predicted octanol–water partition coefficient (Wildman–Crippen LogP) is 6.87. The summed E-state index contributed by atoms with van der Waals surface area (Å²) in [6, 6.07) is 35.2. The normalized spacial score (nSPS) is 10.7. The maximum absolute atomic E-state index is 12.5. The van der Waals surface area contributed by atoms with Crippen molar-refractivity contribution in [2.24, 2.45) is 0 Å². The summed E-state index contributed by atoms with van der Waals surface area (Å²) in [4.78, 5) is 25.8. The lowest BCUT2D eigenvalue weighted by Crippen LogP contribution is -2.09. The highest BCUT2D eigenvalue weighted by Gasteiger charge is 2.11. The first-order valence-corrected chi connectivity index (χ1v) is 10.0. The van der Waals surface area contributed by atoms with E-state index >= 15 is 0 Å². The molecule has 4 rings (SSSR count). The molecule has 4 aromatic carbocycles. The highest BCUT2D eigenvalue weighted by Crippen LogP contribution is 2.34. The first-order chi connectivity index (χ1) is 15.3. The number of allylic oxidation sites excluding steroid dienone is 1. The fraction of sp³-hybridized carbons (Fsp3) is 0. The van der Waals surface area contributed by atoms with Gasteiger partial charge in [0.2, 0.25) is 0 Å². The maximum atomic E-state index is 12.5. The third-order valence-electron chi connectivity index (χ3n) is 4.96. The zero-order valence-corrected chi connectivity index (χ0v) is 16.9. The first-order valence-electron chi connectivity index (χ1n) is 10.0. The van der Waals surface area contributed by atoms with E-state index in [2.05, 4.69) is 29.2 Å². The summed E-state index contributed by atoms with van der Waals surface area (Å²) in [5.74, 6) is -0.193.